The minimum atomic E-state index is -1.07. The first-order valence-corrected chi connectivity index (χ1v) is 8.95. The highest BCUT2D eigenvalue weighted by Crippen LogP contribution is 2.18. The van der Waals surface area contributed by atoms with Gasteiger partial charge in [0.2, 0.25) is 11.8 Å². The van der Waals surface area contributed by atoms with Crippen LogP contribution in [-0.4, -0.2) is 23.3 Å². The summed E-state index contributed by atoms with van der Waals surface area (Å²) >= 11 is 0. The second-order valence-corrected chi connectivity index (χ2v) is 6.99. The number of carbonyl (C=O) groups excluding carboxylic acids is 2. The van der Waals surface area contributed by atoms with Crippen LogP contribution < -0.4 is 11.1 Å². The molecule has 1 unspecified atom stereocenters. The summed E-state index contributed by atoms with van der Waals surface area (Å²) in [5.74, 6) is 0.0138. The Hall–Kier alpha value is -2.66. The van der Waals surface area contributed by atoms with Crippen LogP contribution in [0.15, 0.2) is 54.6 Å². The number of likely N-dealkylation sites (tertiary alicyclic amines) is 1. The number of rotatable bonds is 6. The molecule has 1 atom stereocenters. The van der Waals surface area contributed by atoms with Crippen LogP contribution in [0.3, 0.4) is 0 Å². The highest BCUT2D eigenvalue weighted by molar-refractivity contribution is 5.86. The van der Waals surface area contributed by atoms with Gasteiger partial charge in [-0.2, -0.15) is 0 Å². The second-order valence-electron chi connectivity index (χ2n) is 6.99. The van der Waals surface area contributed by atoms with Crippen molar-refractivity contribution < 1.29 is 9.59 Å². The van der Waals surface area contributed by atoms with Crippen molar-refractivity contribution in [1.82, 2.24) is 10.2 Å². The summed E-state index contributed by atoms with van der Waals surface area (Å²) in [4.78, 5) is 26.1. The molecular weight excluding hydrogens is 326 g/mol. The van der Waals surface area contributed by atoms with Gasteiger partial charge < -0.3 is 16.0 Å². The van der Waals surface area contributed by atoms with Crippen molar-refractivity contribution in [1.29, 1.82) is 0 Å². The summed E-state index contributed by atoms with van der Waals surface area (Å²) in [5, 5.41) is 2.91. The highest BCUT2D eigenvalue weighted by atomic mass is 16.2. The average molecular weight is 351 g/mol. The van der Waals surface area contributed by atoms with E-state index in [4.69, 9.17) is 5.73 Å². The fourth-order valence-corrected chi connectivity index (χ4v) is 3.14. The second kappa shape index (κ2) is 7.70. The van der Waals surface area contributed by atoms with Gasteiger partial charge in [0.25, 0.3) is 0 Å². The molecule has 1 fully saturated rings. The zero-order valence-electron chi connectivity index (χ0n) is 15.1. The van der Waals surface area contributed by atoms with Gasteiger partial charge in [-0.1, -0.05) is 54.6 Å². The largest absolute Gasteiger partial charge is 0.350 e. The molecule has 5 heteroatoms. The Morgan fingerprint density at radius 1 is 1.12 bits per heavy atom. The molecule has 0 spiro atoms. The molecule has 26 heavy (non-hydrogen) atoms. The van der Waals surface area contributed by atoms with Gasteiger partial charge in [-0.05, 0) is 30.0 Å². The van der Waals surface area contributed by atoms with Gasteiger partial charge >= 0.3 is 0 Å². The Morgan fingerprint density at radius 3 is 2.38 bits per heavy atom. The topological polar surface area (TPSA) is 75.4 Å². The molecule has 2 aromatic rings. The van der Waals surface area contributed by atoms with Crippen molar-refractivity contribution in [2.45, 2.75) is 38.4 Å². The van der Waals surface area contributed by atoms with E-state index in [1.165, 1.54) is 0 Å². The molecule has 3 N–H and O–H groups in total. The van der Waals surface area contributed by atoms with Crippen LogP contribution in [0.1, 0.15) is 36.5 Å². The number of carbonyl (C=O) groups is 2. The van der Waals surface area contributed by atoms with E-state index in [1.807, 2.05) is 59.5 Å². The Kier molecular flexibility index (Phi) is 5.38. The molecule has 1 saturated heterocycles. The van der Waals surface area contributed by atoms with E-state index in [1.54, 1.807) is 6.92 Å². The monoisotopic (exact) mass is 351 g/mol. The van der Waals surface area contributed by atoms with E-state index in [2.05, 4.69) is 5.32 Å². The number of amides is 2. The predicted molar refractivity (Wildman–Crippen MR) is 101 cm³/mol. The fourth-order valence-electron chi connectivity index (χ4n) is 3.14. The number of hydrogen-bond acceptors (Lipinski definition) is 3. The average Bonchev–Trinajstić information content (AvgIpc) is 3.06. The highest BCUT2D eigenvalue weighted by Gasteiger charge is 2.29. The van der Waals surface area contributed by atoms with E-state index < -0.39 is 5.54 Å². The van der Waals surface area contributed by atoms with Gasteiger partial charge in [0.15, 0.2) is 0 Å². The predicted octanol–water partition coefficient (Wildman–Crippen LogP) is 2.30. The molecule has 0 radical (unpaired) electrons. The van der Waals surface area contributed by atoms with Crippen molar-refractivity contribution in [3.8, 4) is 0 Å². The quantitative estimate of drug-likeness (QED) is 0.838. The molecule has 1 aliphatic heterocycles. The van der Waals surface area contributed by atoms with Crippen molar-refractivity contribution in [2.75, 3.05) is 6.54 Å². The zero-order chi connectivity index (χ0) is 18.6. The Balaban J connectivity index is 1.56. The maximum absolute atomic E-state index is 12.5. The Morgan fingerprint density at radius 2 is 1.77 bits per heavy atom. The normalized spacial score (nSPS) is 16.4. The summed E-state index contributed by atoms with van der Waals surface area (Å²) in [5.41, 5.74) is 8.03. The number of nitrogens with two attached hydrogens (primary N) is 1. The molecule has 2 aromatic carbocycles. The molecule has 136 valence electrons. The molecule has 0 bridgehead atoms. The summed E-state index contributed by atoms with van der Waals surface area (Å²) in [6.45, 7) is 3.63. The van der Waals surface area contributed by atoms with E-state index in [0.29, 0.717) is 19.5 Å². The van der Waals surface area contributed by atoms with Gasteiger partial charge in [0.05, 0.1) is 0 Å². The first kappa shape index (κ1) is 18.1. The molecule has 5 nitrogen and oxygen atoms in total. The number of nitrogens with zero attached hydrogens (tertiary/aromatic N) is 1. The lowest BCUT2D eigenvalue weighted by Gasteiger charge is -2.24. The van der Waals surface area contributed by atoms with Crippen molar-refractivity contribution in [3.63, 3.8) is 0 Å². The molecule has 1 heterocycles. The number of benzene rings is 2. The zero-order valence-corrected chi connectivity index (χ0v) is 15.1. The minimum Gasteiger partial charge on any atom is -0.350 e. The number of hydrogen-bond donors (Lipinski definition) is 2. The summed E-state index contributed by atoms with van der Waals surface area (Å²) in [7, 11) is 0. The standard InChI is InChI=1S/C21H25N3O2/c1-21(22,18-6-3-2-4-7-18)20(26)23-14-16-9-11-17(12-10-16)15-24-13-5-8-19(24)25/h2-4,6-7,9-12H,5,8,13-15,22H2,1H3,(H,23,26). The van der Waals surface area contributed by atoms with Crippen LogP contribution in [0.5, 0.6) is 0 Å². The molecule has 1 aliphatic rings. The van der Waals surface area contributed by atoms with Gasteiger partial charge in [-0.3, -0.25) is 9.59 Å². The third-order valence-electron chi connectivity index (χ3n) is 4.87. The third-order valence-corrected chi connectivity index (χ3v) is 4.87. The van der Waals surface area contributed by atoms with Crippen LogP contribution in [0.2, 0.25) is 0 Å². The lowest BCUT2D eigenvalue weighted by atomic mass is 9.92. The molecule has 3 rings (SSSR count). The SMILES string of the molecule is CC(N)(C(=O)NCc1ccc(CN2CCCC2=O)cc1)c1ccccc1. The first-order chi connectivity index (χ1) is 12.5. The Labute approximate surface area is 154 Å². The van der Waals surface area contributed by atoms with Gasteiger partial charge in [0, 0.05) is 26.1 Å². The number of nitrogens with one attached hydrogen (secondary N) is 1. The first-order valence-electron chi connectivity index (χ1n) is 8.95. The van der Waals surface area contributed by atoms with Gasteiger partial charge in [0.1, 0.15) is 5.54 Å². The lowest BCUT2D eigenvalue weighted by Crippen LogP contribution is -2.48. The van der Waals surface area contributed by atoms with E-state index in [-0.39, 0.29) is 11.8 Å². The summed E-state index contributed by atoms with van der Waals surface area (Å²) < 4.78 is 0. The maximum atomic E-state index is 12.5. The smallest absolute Gasteiger partial charge is 0.244 e. The fraction of sp³-hybridized carbons (Fsp3) is 0.333. The van der Waals surface area contributed by atoms with Crippen molar-refractivity contribution in [3.05, 3.63) is 71.3 Å². The molecule has 0 aliphatic carbocycles. The van der Waals surface area contributed by atoms with Crippen LogP contribution in [0.4, 0.5) is 0 Å². The third kappa shape index (κ3) is 4.11. The summed E-state index contributed by atoms with van der Waals surface area (Å²) in [6.07, 6.45) is 1.60. The van der Waals surface area contributed by atoms with Crippen LogP contribution in [0, 0.1) is 0 Å². The van der Waals surface area contributed by atoms with Crippen LogP contribution >= 0.6 is 0 Å². The van der Waals surface area contributed by atoms with Crippen LogP contribution in [0.25, 0.3) is 0 Å². The summed E-state index contributed by atoms with van der Waals surface area (Å²) in [6, 6.07) is 17.3. The van der Waals surface area contributed by atoms with Gasteiger partial charge in [-0.25, -0.2) is 0 Å². The van der Waals surface area contributed by atoms with Gasteiger partial charge in [-0.15, -0.1) is 0 Å². The van der Waals surface area contributed by atoms with E-state index in [9.17, 15) is 9.59 Å². The van der Waals surface area contributed by atoms with Crippen LogP contribution in [-0.2, 0) is 28.2 Å². The molecule has 0 saturated carbocycles. The molecule has 2 amide bonds. The lowest BCUT2D eigenvalue weighted by molar-refractivity contribution is -0.128. The Bertz CT molecular complexity index is 770. The van der Waals surface area contributed by atoms with E-state index >= 15 is 0 Å². The van der Waals surface area contributed by atoms with E-state index in [0.717, 1.165) is 29.7 Å². The van der Waals surface area contributed by atoms with Crippen molar-refractivity contribution >= 4 is 11.8 Å². The maximum Gasteiger partial charge on any atom is 0.244 e. The minimum absolute atomic E-state index is 0.213. The van der Waals surface area contributed by atoms with Crippen molar-refractivity contribution in [2.24, 2.45) is 5.73 Å². The molecular formula is C21H25N3O2. The molecule has 0 aromatic heterocycles.